The van der Waals surface area contributed by atoms with E-state index in [1.54, 1.807) is 26.4 Å². The van der Waals surface area contributed by atoms with Crippen LogP contribution in [0.1, 0.15) is 5.56 Å². The van der Waals surface area contributed by atoms with E-state index in [0.29, 0.717) is 6.01 Å². The molecule has 0 bridgehead atoms. The fourth-order valence-electron chi connectivity index (χ4n) is 2.60. The quantitative estimate of drug-likeness (QED) is 0.304. The molecule has 8 heteroatoms. The van der Waals surface area contributed by atoms with Crippen molar-refractivity contribution in [1.82, 2.24) is 9.97 Å². The van der Waals surface area contributed by atoms with Crippen molar-refractivity contribution < 1.29 is 14.4 Å². The molecule has 0 aliphatic heterocycles. The SMILES string of the molecule is COc1cccc(-c2cc([As]CCc3ccc([N+](=O)[O-])cc3)nc(OC)n2)c1. The molecule has 0 unspecified atom stereocenters. The van der Waals surface area contributed by atoms with Crippen LogP contribution >= 0.6 is 0 Å². The van der Waals surface area contributed by atoms with Gasteiger partial charge in [0, 0.05) is 0 Å². The van der Waals surface area contributed by atoms with Crippen molar-refractivity contribution in [2.24, 2.45) is 0 Å². The molecule has 3 rings (SSSR count). The Labute approximate surface area is 169 Å². The zero-order valence-electron chi connectivity index (χ0n) is 15.5. The summed E-state index contributed by atoms with van der Waals surface area (Å²) in [5.74, 6) is 0.767. The predicted molar refractivity (Wildman–Crippen MR) is 108 cm³/mol. The second-order valence-corrected chi connectivity index (χ2v) is 8.45. The average molecular weight is 440 g/mol. The summed E-state index contributed by atoms with van der Waals surface area (Å²) in [5, 5.41) is 11.7. The molecular weight excluding hydrogens is 421 g/mol. The number of methoxy groups -OCH3 is 2. The first-order valence-electron chi connectivity index (χ1n) is 8.57. The first-order valence-corrected chi connectivity index (χ1v) is 10.8. The molecule has 1 radical (unpaired) electrons. The third kappa shape index (κ3) is 5.08. The van der Waals surface area contributed by atoms with E-state index < -0.39 is 0 Å². The van der Waals surface area contributed by atoms with Crippen LogP contribution in [-0.4, -0.2) is 44.9 Å². The van der Waals surface area contributed by atoms with Gasteiger partial charge in [0.1, 0.15) is 0 Å². The standard InChI is InChI=1S/C20H19AsN3O4/c1-27-17-5-3-4-15(12-17)18-13-19(23-20(22-18)28-2)21-11-10-14-6-8-16(9-7-14)24(25)26/h3-9,12-13H,10-11H2,1-2H3. The van der Waals surface area contributed by atoms with Crippen LogP contribution in [0.5, 0.6) is 11.8 Å². The van der Waals surface area contributed by atoms with E-state index >= 15 is 0 Å². The molecule has 0 aliphatic rings. The molecule has 143 valence electrons. The third-order valence-corrected chi connectivity index (χ3v) is 6.16. The van der Waals surface area contributed by atoms with Crippen LogP contribution in [0.3, 0.4) is 0 Å². The summed E-state index contributed by atoms with van der Waals surface area (Å²) in [7, 11) is 3.19. The molecule has 0 spiro atoms. The maximum absolute atomic E-state index is 10.7. The zero-order valence-corrected chi connectivity index (χ0v) is 17.4. The molecule has 0 aliphatic carbocycles. The monoisotopic (exact) mass is 440 g/mol. The fraction of sp³-hybridized carbons (Fsp3) is 0.200. The second kappa shape index (κ2) is 9.33. The van der Waals surface area contributed by atoms with Gasteiger partial charge in [-0.3, -0.25) is 0 Å². The van der Waals surface area contributed by atoms with Gasteiger partial charge in [0.05, 0.1) is 0 Å². The number of aromatic nitrogens is 2. The molecule has 1 aromatic heterocycles. The van der Waals surface area contributed by atoms with E-state index in [-0.39, 0.29) is 26.4 Å². The summed E-state index contributed by atoms with van der Waals surface area (Å²) < 4.78 is 11.5. The molecular formula is C20H19AsN3O4. The molecule has 0 N–H and O–H groups in total. The summed E-state index contributed by atoms with van der Waals surface area (Å²) in [5.41, 5.74) is 2.93. The summed E-state index contributed by atoms with van der Waals surface area (Å²) in [6.45, 7) is 0. The molecule has 28 heavy (non-hydrogen) atoms. The number of benzene rings is 2. The van der Waals surface area contributed by atoms with Gasteiger partial charge in [-0.05, 0) is 0 Å². The topological polar surface area (TPSA) is 87.4 Å². The van der Waals surface area contributed by atoms with Gasteiger partial charge in [0.2, 0.25) is 0 Å². The van der Waals surface area contributed by atoms with Crippen LogP contribution in [-0.2, 0) is 6.42 Å². The van der Waals surface area contributed by atoms with Crippen molar-refractivity contribution in [3.63, 3.8) is 0 Å². The Morgan fingerprint density at radius 3 is 2.50 bits per heavy atom. The molecule has 0 atom stereocenters. The van der Waals surface area contributed by atoms with E-state index in [1.165, 1.54) is 0 Å². The average Bonchev–Trinajstić information content (AvgIpc) is 2.74. The number of hydrogen-bond acceptors (Lipinski definition) is 6. The Bertz CT molecular complexity index is 964. The molecule has 0 saturated heterocycles. The molecule has 3 aromatic rings. The fourth-order valence-corrected chi connectivity index (χ4v) is 4.63. The van der Waals surface area contributed by atoms with Crippen LogP contribution in [0.25, 0.3) is 11.3 Å². The summed E-state index contributed by atoms with van der Waals surface area (Å²) in [6, 6.07) is 16.8. The Hall–Kier alpha value is -2.92. The van der Waals surface area contributed by atoms with Gasteiger partial charge in [0.25, 0.3) is 0 Å². The van der Waals surface area contributed by atoms with Gasteiger partial charge in [-0.25, -0.2) is 0 Å². The molecule has 2 aromatic carbocycles. The van der Waals surface area contributed by atoms with Gasteiger partial charge < -0.3 is 0 Å². The molecule has 0 amide bonds. The minimum atomic E-state index is -0.386. The van der Waals surface area contributed by atoms with Crippen molar-refractivity contribution in [3.05, 3.63) is 70.3 Å². The Morgan fingerprint density at radius 1 is 1.04 bits per heavy atom. The summed E-state index contributed by atoms with van der Waals surface area (Å²) in [6.07, 6.45) is 0.846. The maximum atomic E-state index is 10.7. The van der Waals surface area contributed by atoms with Gasteiger partial charge in [-0.2, -0.15) is 0 Å². The number of nitrogens with zero attached hydrogens (tertiary/aromatic N) is 3. The van der Waals surface area contributed by atoms with Crippen molar-refractivity contribution in [2.75, 3.05) is 14.2 Å². The number of ether oxygens (including phenoxy) is 2. The van der Waals surface area contributed by atoms with Crippen molar-refractivity contribution in [2.45, 2.75) is 11.6 Å². The molecule has 7 nitrogen and oxygen atoms in total. The number of aryl methyl sites for hydroxylation is 1. The minimum absolute atomic E-state index is 0.112. The first-order chi connectivity index (χ1) is 13.6. The van der Waals surface area contributed by atoms with Gasteiger partial charge in [-0.1, -0.05) is 0 Å². The predicted octanol–water partition coefficient (Wildman–Crippen LogP) is 3.06. The molecule has 0 fully saturated rings. The van der Waals surface area contributed by atoms with Crippen molar-refractivity contribution in [3.8, 4) is 23.0 Å². The van der Waals surface area contributed by atoms with Crippen LogP contribution in [0.4, 0.5) is 5.69 Å². The Morgan fingerprint density at radius 2 is 1.82 bits per heavy atom. The van der Waals surface area contributed by atoms with E-state index in [0.717, 1.165) is 38.7 Å². The van der Waals surface area contributed by atoms with E-state index in [1.807, 2.05) is 42.5 Å². The van der Waals surface area contributed by atoms with E-state index in [4.69, 9.17) is 9.47 Å². The Balaban J connectivity index is 1.72. The third-order valence-electron chi connectivity index (χ3n) is 4.06. The molecule has 0 saturated carbocycles. The number of non-ortho nitro benzene ring substituents is 1. The van der Waals surface area contributed by atoms with Crippen molar-refractivity contribution in [1.29, 1.82) is 0 Å². The van der Waals surface area contributed by atoms with Crippen molar-refractivity contribution >= 4 is 25.9 Å². The van der Waals surface area contributed by atoms with Crippen LogP contribution in [0.15, 0.2) is 54.6 Å². The Kier molecular flexibility index (Phi) is 6.61. The molecule has 1 heterocycles. The number of rotatable bonds is 8. The van der Waals surface area contributed by atoms with Gasteiger partial charge in [0.15, 0.2) is 0 Å². The van der Waals surface area contributed by atoms with E-state index in [2.05, 4.69) is 9.97 Å². The number of nitro benzene ring substituents is 1. The van der Waals surface area contributed by atoms with Crippen LogP contribution in [0, 0.1) is 10.1 Å². The normalized spacial score (nSPS) is 10.9. The summed E-state index contributed by atoms with van der Waals surface area (Å²) in [4.78, 5) is 19.3. The zero-order chi connectivity index (χ0) is 19.9. The van der Waals surface area contributed by atoms with Gasteiger partial charge >= 0.3 is 169 Å². The van der Waals surface area contributed by atoms with Gasteiger partial charge in [-0.15, -0.1) is 0 Å². The second-order valence-electron chi connectivity index (χ2n) is 5.89. The van der Waals surface area contributed by atoms with Crippen LogP contribution < -0.4 is 14.0 Å². The number of nitro groups is 1. The van der Waals surface area contributed by atoms with Crippen LogP contribution in [0.2, 0.25) is 5.21 Å². The van der Waals surface area contributed by atoms with E-state index in [9.17, 15) is 10.1 Å². The number of hydrogen-bond donors (Lipinski definition) is 0. The first kappa shape index (κ1) is 19.8. The summed E-state index contributed by atoms with van der Waals surface area (Å²) >= 11 is -0.196.